The topological polar surface area (TPSA) is 94.5 Å². The summed E-state index contributed by atoms with van der Waals surface area (Å²) in [5.74, 6) is -1.61. The number of fused-ring (bicyclic) bond motifs is 4. The molecule has 45 heavy (non-hydrogen) atoms. The maximum absolute atomic E-state index is 11.6. The molecule has 0 saturated heterocycles. The minimum atomic E-state index is -0.810. The average Bonchev–Trinajstić information content (AvgIpc) is 3.24. The number of carbonyl (C=O) groups is 2. The van der Waals surface area contributed by atoms with Crippen molar-refractivity contribution in [1.29, 1.82) is 0 Å². The minimum Gasteiger partial charge on any atom is -0.481 e. The Morgan fingerprint density at radius 2 is 1.44 bits per heavy atom. The number of nitrogens with two attached hydrogens (primary N) is 1. The predicted octanol–water partition coefficient (Wildman–Crippen LogP) is 8.07. The summed E-state index contributed by atoms with van der Waals surface area (Å²) in [7, 11) is 0. The van der Waals surface area contributed by atoms with E-state index in [0.29, 0.717) is 13.1 Å². The second kappa shape index (κ2) is 14.1. The highest BCUT2D eigenvalue weighted by atomic mass is 16.4. The molecule has 6 heteroatoms. The molecule has 0 atom stereocenters. The van der Waals surface area contributed by atoms with E-state index < -0.39 is 11.9 Å². The first kappa shape index (κ1) is 33.5. The fraction of sp³-hybridized carbons (Fsp3) is 0.333. The van der Waals surface area contributed by atoms with Crippen LogP contribution in [0.25, 0.3) is 21.5 Å². The van der Waals surface area contributed by atoms with Gasteiger partial charge in [0.15, 0.2) is 0 Å². The van der Waals surface area contributed by atoms with Crippen LogP contribution in [0, 0.1) is 0 Å². The highest BCUT2D eigenvalue weighted by Gasteiger charge is 2.41. The highest BCUT2D eigenvalue weighted by molar-refractivity contribution is 5.95. The molecule has 0 aromatic heterocycles. The van der Waals surface area contributed by atoms with Crippen molar-refractivity contribution in [2.75, 3.05) is 18.0 Å². The Morgan fingerprint density at radius 3 is 2.11 bits per heavy atom. The number of rotatable bonds is 11. The van der Waals surface area contributed by atoms with Crippen molar-refractivity contribution in [1.82, 2.24) is 0 Å². The highest BCUT2D eigenvalue weighted by Crippen LogP contribution is 2.50. The third-order valence-corrected chi connectivity index (χ3v) is 8.68. The van der Waals surface area contributed by atoms with Gasteiger partial charge in [-0.05, 0) is 63.2 Å². The van der Waals surface area contributed by atoms with Crippen molar-refractivity contribution in [3.63, 3.8) is 0 Å². The number of quaternary nitrogens is 1. The fourth-order valence-electron chi connectivity index (χ4n) is 6.67. The normalized spacial score (nSPS) is 15.0. The number of hydrogen-bond acceptors (Lipinski definition) is 3. The zero-order chi connectivity index (χ0) is 32.8. The summed E-state index contributed by atoms with van der Waals surface area (Å²) in [5.41, 5.74) is 5.15. The van der Waals surface area contributed by atoms with E-state index in [2.05, 4.69) is 111 Å². The number of benzene rings is 4. The third kappa shape index (κ3) is 7.12. The Kier molecular flexibility index (Phi) is 10.5. The Morgan fingerprint density at radius 1 is 0.844 bits per heavy atom. The first-order chi connectivity index (χ1) is 21.5. The summed E-state index contributed by atoms with van der Waals surface area (Å²) in [4.78, 5) is 24.9. The van der Waals surface area contributed by atoms with E-state index >= 15 is 0 Å². The summed E-state index contributed by atoms with van der Waals surface area (Å²) >= 11 is 0. The molecule has 1 aliphatic rings. The van der Waals surface area contributed by atoms with Gasteiger partial charge in [0.1, 0.15) is 5.69 Å². The van der Waals surface area contributed by atoms with Crippen LogP contribution >= 0.6 is 0 Å². The van der Waals surface area contributed by atoms with Gasteiger partial charge >= 0.3 is 11.9 Å². The summed E-state index contributed by atoms with van der Waals surface area (Å²) in [6, 6.07) is 25.2. The van der Waals surface area contributed by atoms with Crippen LogP contribution in [0.5, 0.6) is 0 Å². The van der Waals surface area contributed by atoms with Crippen LogP contribution in [0.2, 0.25) is 0 Å². The van der Waals surface area contributed by atoms with Gasteiger partial charge in [0.2, 0.25) is 0 Å². The second-order valence-corrected chi connectivity index (χ2v) is 12.6. The molecule has 0 bridgehead atoms. The molecule has 4 aromatic carbocycles. The molecule has 1 heterocycles. The van der Waals surface area contributed by atoms with Crippen LogP contribution in [0.15, 0.2) is 96.7 Å². The zero-order valence-electron chi connectivity index (χ0n) is 27.4. The SMILES string of the molecule is CC.CC(C)(C/C=C/C=C1/N(CCC(=O)O)c2ccc3ccccc3c2C1(C)C)c1c([NH2+]CCC(=O)O)ccc2ccccc12. The fourth-order valence-corrected chi connectivity index (χ4v) is 6.67. The van der Waals surface area contributed by atoms with Gasteiger partial charge in [-0.2, -0.15) is 0 Å². The molecule has 4 N–H and O–H groups in total. The van der Waals surface area contributed by atoms with E-state index in [-0.39, 0.29) is 23.7 Å². The Labute approximate surface area is 267 Å². The van der Waals surface area contributed by atoms with Gasteiger partial charge in [0, 0.05) is 28.9 Å². The molecule has 0 amide bonds. The van der Waals surface area contributed by atoms with Crippen molar-refractivity contribution in [2.45, 2.75) is 71.6 Å². The Balaban J connectivity index is 0.00000226. The van der Waals surface area contributed by atoms with Gasteiger partial charge < -0.3 is 20.4 Å². The third-order valence-electron chi connectivity index (χ3n) is 8.68. The molecule has 0 fully saturated rings. The molecule has 1 aliphatic heterocycles. The number of nitrogens with zero attached hydrogens (tertiary/aromatic N) is 1. The minimum absolute atomic E-state index is 0.0542. The van der Waals surface area contributed by atoms with Crippen LogP contribution in [-0.2, 0) is 20.4 Å². The second-order valence-electron chi connectivity index (χ2n) is 12.6. The van der Waals surface area contributed by atoms with Crippen LogP contribution in [0.3, 0.4) is 0 Å². The van der Waals surface area contributed by atoms with Crippen molar-refractivity contribution in [3.05, 3.63) is 108 Å². The lowest BCUT2D eigenvalue weighted by atomic mass is 9.77. The first-order valence-corrected chi connectivity index (χ1v) is 16.0. The van der Waals surface area contributed by atoms with E-state index in [1.807, 2.05) is 31.3 Å². The summed E-state index contributed by atoms with van der Waals surface area (Å²) < 4.78 is 0. The quantitative estimate of drug-likeness (QED) is 0.150. The molecular formula is C39H47N2O4+. The Bertz CT molecular complexity index is 1750. The van der Waals surface area contributed by atoms with Gasteiger partial charge in [0.25, 0.3) is 0 Å². The molecule has 236 valence electrons. The maximum atomic E-state index is 11.6. The lowest BCUT2D eigenvalue weighted by molar-refractivity contribution is -0.571. The van der Waals surface area contributed by atoms with Gasteiger partial charge in [-0.3, -0.25) is 9.59 Å². The van der Waals surface area contributed by atoms with Gasteiger partial charge in [-0.1, -0.05) is 108 Å². The van der Waals surface area contributed by atoms with Crippen molar-refractivity contribution < 1.29 is 25.1 Å². The molecule has 5 rings (SSSR count). The summed E-state index contributed by atoms with van der Waals surface area (Å²) in [5, 5.41) is 25.5. The van der Waals surface area contributed by atoms with E-state index in [1.54, 1.807) is 0 Å². The first-order valence-electron chi connectivity index (χ1n) is 16.0. The van der Waals surface area contributed by atoms with E-state index in [9.17, 15) is 19.8 Å². The number of carboxylic acids is 2. The molecule has 6 nitrogen and oxygen atoms in total. The lowest BCUT2D eigenvalue weighted by Gasteiger charge is -2.27. The average molecular weight is 608 g/mol. The molecular weight excluding hydrogens is 560 g/mol. The van der Waals surface area contributed by atoms with Crippen LogP contribution in [0.1, 0.15) is 71.9 Å². The van der Waals surface area contributed by atoms with Crippen LogP contribution < -0.4 is 10.2 Å². The molecule has 0 spiro atoms. The molecule has 0 saturated carbocycles. The number of hydrogen-bond donors (Lipinski definition) is 3. The largest absolute Gasteiger partial charge is 0.481 e. The molecule has 4 aromatic rings. The van der Waals surface area contributed by atoms with Crippen LogP contribution in [-0.4, -0.2) is 35.2 Å². The monoisotopic (exact) mass is 607 g/mol. The molecule has 0 radical (unpaired) electrons. The van der Waals surface area contributed by atoms with Gasteiger partial charge in [-0.25, -0.2) is 0 Å². The van der Waals surface area contributed by atoms with Crippen molar-refractivity contribution in [3.8, 4) is 0 Å². The lowest BCUT2D eigenvalue weighted by Crippen LogP contribution is -2.79. The maximum Gasteiger partial charge on any atom is 0.309 e. The van der Waals surface area contributed by atoms with E-state index in [1.165, 1.54) is 32.7 Å². The van der Waals surface area contributed by atoms with Crippen molar-refractivity contribution >= 4 is 44.9 Å². The number of allylic oxidation sites excluding steroid dienone is 4. The van der Waals surface area contributed by atoms with Crippen molar-refractivity contribution in [2.24, 2.45) is 0 Å². The summed E-state index contributed by atoms with van der Waals surface area (Å²) in [6.45, 7) is 13.8. The standard InChI is InChI=1S/C37H40N2O4.C2H6/c1-36(2,34-27-13-7-5-11-25(27)16-18-29(34)38-23-20-32(40)41)22-10-9-15-31-37(3,4)35-28-14-8-6-12-26(28)17-19-30(35)39(31)24-21-33(42)43;1-2/h5-19,38H,20-24H2,1-4H3,(H,40,41)(H,42,43);1-2H3/p+1/b10-9+,31-15+;. The Hall–Kier alpha value is -4.42. The van der Waals surface area contributed by atoms with E-state index in [4.69, 9.17) is 0 Å². The predicted molar refractivity (Wildman–Crippen MR) is 185 cm³/mol. The smallest absolute Gasteiger partial charge is 0.309 e. The zero-order valence-corrected chi connectivity index (χ0v) is 27.4. The summed E-state index contributed by atoms with van der Waals surface area (Å²) in [6.07, 6.45) is 7.39. The number of aliphatic carboxylic acids is 2. The molecule has 0 unspecified atom stereocenters. The van der Waals surface area contributed by atoms with E-state index in [0.717, 1.165) is 23.5 Å². The number of carboxylic acid groups (broad SMARTS) is 2. The van der Waals surface area contributed by atoms with Gasteiger partial charge in [-0.15, -0.1) is 0 Å². The molecule has 0 aliphatic carbocycles. The van der Waals surface area contributed by atoms with Crippen LogP contribution in [0.4, 0.5) is 11.4 Å². The van der Waals surface area contributed by atoms with Gasteiger partial charge in [0.05, 0.1) is 19.4 Å². The number of anilines is 1.